The van der Waals surface area contributed by atoms with Crippen molar-refractivity contribution in [1.29, 1.82) is 0 Å². The standard InChI is InChI=1S/C33H49ClO9/c1-21(2)11-5-8-14-25(35)20-28(37)32(40)31(39)23(4)26(34)15-9-6-12-22(3)13-7-10-16-30(38)43-29-19-24(33(41)42)17-18-27(29)36/h5-9,11-15,21,23-25,27-29,31-32,35-37,39-40H,10,16-20H2,1-4H3,(H,41,42)/b9-6+,11-5+,13-7+,14-8+,22-12+,26-15-. The minimum Gasteiger partial charge on any atom is -0.481 e. The molecule has 8 atom stereocenters. The highest BCUT2D eigenvalue weighted by Gasteiger charge is 2.35. The molecule has 1 aliphatic rings. The Morgan fingerprint density at radius 3 is 2.26 bits per heavy atom. The average molecular weight is 625 g/mol. The lowest BCUT2D eigenvalue weighted by Crippen LogP contribution is -2.42. The second kappa shape index (κ2) is 20.4. The third kappa shape index (κ3) is 15.7. The van der Waals surface area contributed by atoms with Crippen LogP contribution in [0.4, 0.5) is 0 Å². The van der Waals surface area contributed by atoms with Gasteiger partial charge in [-0.2, -0.15) is 0 Å². The summed E-state index contributed by atoms with van der Waals surface area (Å²) in [7, 11) is 0. The maximum Gasteiger partial charge on any atom is 0.306 e. The summed E-state index contributed by atoms with van der Waals surface area (Å²) >= 11 is 6.31. The fourth-order valence-electron chi connectivity index (χ4n) is 4.36. The van der Waals surface area contributed by atoms with Crippen LogP contribution < -0.4 is 0 Å². The molecule has 9 nitrogen and oxygen atoms in total. The van der Waals surface area contributed by atoms with E-state index in [1.165, 1.54) is 6.08 Å². The summed E-state index contributed by atoms with van der Waals surface area (Å²) in [6.45, 7) is 7.53. The first-order valence-corrected chi connectivity index (χ1v) is 15.1. The van der Waals surface area contributed by atoms with E-state index in [1.54, 1.807) is 43.4 Å². The molecule has 242 valence electrons. The fourth-order valence-corrected chi connectivity index (χ4v) is 4.56. The molecule has 1 saturated carbocycles. The number of rotatable bonds is 17. The Labute approximate surface area is 260 Å². The number of ether oxygens (including phenoxy) is 1. The van der Waals surface area contributed by atoms with Gasteiger partial charge in [-0.3, -0.25) is 9.59 Å². The number of carbonyl (C=O) groups excluding carboxylic acids is 1. The van der Waals surface area contributed by atoms with Crippen molar-refractivity contribution in [2.75, 3.05) is 0 Å². The van der Waals surface area contributed by atoms with Crippen molar-refractivity contribution in [1.82, 2.24) is 0 Å². The zero-order valence-corrected chi connectivity index (χ0v) is 26.3. The van der Waals surface area contributed by atoms with E-state index in [4.69, 9.17) is 21.4 Å². The molecule has 0 aromatic heterocycles. The number of carbonyl (C=O) groups is 2. The van der Waals surface area contributed by atoms with Gasteiger partial charge in [0, 0.05) is 30.2 Å². The SMILES string of the molecule is CC(/C=C/CCC(=O)OC1CC(C(=O)O)CCC1O)=C\C=C\C=C(/Cl)C(C)C(O)C(O)C(O)CC(O)/C=C/C=C/C(C)C. The smallest absolute Gasteiger partial charge is 0.306 e. The Hall–Kier alpha value is -2.53. The number of allylic oxidation sites excluding steroid dienone is 10. The second-order valence-corrected chi connectivity index (χ2v) is 11.8. The molecule has 0 radical (unpaired) electrons. The predicted molar refractivity (Wildman–Crippen MR) is 167 cm³/mol. The van der Waals surface area contributed by atoms with Gasteiger partial charge in [-0.25, -0.2) is 0 Å². The van der Waals surface area contributed by atoms with E-state index in [9.17, 15) is 35.1 Å². The summed E-state index contributed by atoms with van der Waals surface area (Å²) in [5, 5.41) is 60.7. The predicted octanol–water partition coefficient (Wildman–Crippen LogP) is 4.34. The summed E-state index contributed by atoms with van der Waals surface area (Å²) in [5.41, 5.74) is 0.889. The zero-order chi connectivity index (χ0) is 32.5. The van der Waals surface area contributed by atoms with Crippen LogP contribution in [0.2, 0.25) is 0 Å². The van der Waals surface area contributed by atoms with E-state index < -0.39 is 60.4 Å². The fraction of sp³-hybridized carbons (Fsp3) is 0.576. The van der Waals surface area contributed by atoms with Gasteiger partial charge < -0.3 is 35.4 Å². The van der Waals surface area contributed by atoms with Crippen molar-refractivity contribution in [2.45, 2.75) is 103 Å². The summed E-state index contributed by atoms with van der Waals surface area (Å²) in [6, 6.07) is 0. The maximum absolute atomic E-state index is 12.1. The van der Waals surface area contributed by atoms with Crippen LogP contribution in [0, 0.1) is 17.8 Å². The minimum absolute atomic E-state index is 0.102. The first kappa shape index (κ1) is 38.5. The van der Waals surface area contributed by atoms with Crippen molar-refractivity contribution in [3.05, 3.63) is 71.4 Å². The quantitative estimate of drug-likeness (QED) is 0.102. The first-order valence-electron chi connectivity index (χ1n) is 14.8. The summed E-state index contributed by atoms with van der Waals surface area (Å²) in [4.78, 5) is 23.3. The summed E-state index contributed by atoms with van der Waals surface area (Å²) in [5.74, 6) is -2.36. The van der Waals surface area contributed by atoms with Gasteiger partial charge in [0.25, 0.3) is 0 Å². The first-order chi connectivity index (χ1) is 20.2. The van der Waals surface area contributed by atoms with E-state index in [-0.39, 0.29) is 30.7 Å². The van der Waals surface area contributed by atoms with Crippen LogP contribution >= 0.6 is 11.6 Å². The maximum atomic E-state index is 12.1. The van der Waals surface area contributed by atoms with Gasteiger partial charge >= 0.3 is 11.9 Å². The van der Waals surface area contributed by atoms with E-state index in [0.29, 0.717) is 18.8 Å². The third-order valence-corrected chi connectivity index (χ3v) is 7.60. The van der Waals surface area contributed by atoms with Crippen LogP contribution in [0.15, 0.2) is 71.4 Å². The number of hydrogen-bond donors (Lipinski definition) is 6. The molecule has 1 aliphatic carbocycles. The molecule has 0 amide bonds. The largest absolute Gasteiger partial charge is 0.481 e. The average Bonchev–Trinajstić information content (AvgIpc) is 2.95. The van der Waals surface area contributed by atoms with E-state index in [2.05, 4.69) is 0 Å². The summed E-state index contributed by atoms with van der Waals surface area (Å²) < 4.78 is 5.30. The Balaban J connectivity index is 2.50. The number of aliphatic carboxylic acids is 1. The Morgan fingerprint density at radius 2 is 1.60 bits per heavy atom. The molecule has 0 heterocycles. The molecular weight excluding hydrogens is 576 g/mol. The Kier molecular flexibility index (Phi) is 18.3. The highest BCUT2D eigenvalue weighted by atomic mass is 35.5. The minimum atomic E-state index is -1.51. The van der Waals surface area contributed by atoms with Crippen molar-refractivity contribution >= 4 is 23.5 Å². The zero-order valence-electron chi connectivity index (χ0n) is 25.5. The number of carboxylic acid groups (broad SMARTS) is 1. The molecule has 8 unspecified atom stereocenters. The van der Waals surface area contributed by atoms with E-state index >= 15 is 0 Å². The van der Waals surface area contributed by atoms with E-state index in [1.807, 2.05) is 39.0 Å². The lowest BCUT2D eigenvalue weighted by molar-refractivity contribution is -0.163. The molecule has 0 aromatic rings. The van der Waals surface area contributed by atoms with Crippen LogP contribution in [0.5, 0.6) is 0 Å². The monoisotopic (exact) mass is 624 g/mol. The topological polar surface area (TPSA) is 165 Å². The van der Waals surface area contributed by atoms with Crippen LogP contribution in [-0.4, -0.2) is 79.2 Å². The van der Waals surface area contributed by atoms with Crippen molar-refractivity contribution in [3.63, 3.8) is 0 Å². The highest BCUT2D eigenvalue weighted by Crippen LogP contribution is 2.27. The van der Waals surface area contributed by atoms with Crippen molar-refractivity contribution in [3.8, 4) is 0 Å². The lowest BCUT2D eigenvalue weighted by atomic mass is 9.85. The van der Waals surface area contributed by atoms with Crippen LogP contribution in [-0.2, 0) is 14.3 Å². The molecule has 43 heavy (non-hydrogen) atoms. The molecular formula is C33H49ClO9. The van der Waals surface area contributed by atoms with Gasteiger partial charge in [0.15, 0.2) is 0 Å². The Morgan fingerprint density at radius 1 is 0.953 bits per heavy atom. The van der Waals surface area contributed by atoms with E-state index in [0.717, 1.165) is 5.57 Å². The molecule has 0 bridgehead atoms. The number of aliphatic hydroxyl groups excluding tert-OH is 5. The second-order valence-electron chi connectivity index (χ2n) is 11.4. The van der Waals surface area contributed by atoms with Crippen LogP contribution in [0.25, 0.3) is 0 Å². The molecule has 0 aromatic carbocycles. The molecule has 6 N–H and O–H groups in total. The van der Waals surface area contributed by atoms with Gasteiger partial charge in [0.05, 0.1) is 30.3 Å². The summed E-state index contributed by atoms with van der Waals surface area (Å²) in [6.07, 6.45) is 11.6. The Bertz CT molecular complexity index is 1040. The number of aliphatic hydroxyl groups is 5. The number of halogens is 1. The van der Waals surface area contributed by atoms with Crippen molar-refractivity contribution in [2.24, 2.45) is 17.8 Å². The normalized spacial score (nSPS) is 24.2. The van der Waals surface area contributed by atoms with Gasteiger partial charge in [-0.15, -0.1) is 0 Å². The van der Waals surface area contributed by atoms with Gasteiger partial charge in [-0.1, -0.05) is 92.6 Å². The molecule has 1 rings (SSSR count). The van der Waals surface area contributed by atoms with Crippen LogP contribution in [0.1, 0.15) is 66.2 Å². The van der Waals surface area contributed by atoms with Gasteiger partial charge in [0.1, 0.15) is 12.2 Å². The van der Waals surface area contributed by atoms with Gasteiger partial charge in [0.2, 0.25) is 0 Å². The van der Waals surface area contributed by atoms with Gasteiger partial charge in [-0.05, 0) is 38.2 Å². The number of esters is 1. The lowest BCUT2D eigenvalue weighted by Gasteiger charge is -2.30. The number of carboxylic acids is 1. The molecule has 0 aliphatic heterocycles. The molecule has 1 fully saturated rings. The molecule has 0 saturated heterocycles. The van der Waals surface area contributed by atoms with Crippen molar-refractivity contribution < 1.29 is 45.0 Å². The number of hydrogen-bond acceptors (Lipinski definition) is 8. The highest BCUT2D eigenvalue weighted by molar-refractivity contribution is 6.30. The molecule has 10 heteroatoms. The van der Waals surface area contributed by atoms with Crippen LogP contribution in [0.3, 0.4) is 0 Å². The third-order valence-electron chi connectivity index (χ3n) is 7.13. The molecule has 0 spiro atoms.